The molecule has 7 heteroatoms. The summed E-state index contributed by atoms with van der Waals surface area (Å²) < 4.78 is 0. The predicted molar refractivity (Wildman–Crippen MR) is 90.1 cm³/mol. The third-order valence-electron chi connectivity index (χ3n) is 3.22. The number of carbonyl (C=O) groups is 2. The molecule has 1 saturated heterocycles. The molecule has 1 amide bonds. The number of hydrogen-bond donors (Lipinski definition) is 3. The second-order valence-corrected chi connectivity index (χ2v) is 6.34. The standard InChI is InChI=1S/C9H14O.C6H11NO.2CHNO/c1-7-4-8(10)6-9(2,3)5-7;8-6-4-2-1-3-5-7-6;2*2-1-3/h4H,5-6H2,1-3H3;1-5H2,(H,7,8);2*2H. The highest BCUT2D eigenvalue weighted by atomic mass is 16.1. The number of rotatable bonds is 0. The molecular formula is C17H27N3O4. The van der Waals surface area contributed by atoms with Gasteiger partial charge >= 0.3 is 0 Å². The highest BCUT2D eigenvalue weighted by Crippen LogP contribution is 2.32. The molecule has 2 aliphatic rings. The Labute approximate surface area is 142 Å². The van der Waals surface area contributed by atoms with Gasteiger partial charge in [0.15, 0.2) is 5.78 Å². The van der Waals surface area contributed by atoms with Crippen molar-refractivity contribution >= 4 is 23.9 Å². The van der Waals surface area contributed by atoms with E-state index in [4.69, 9.17) is 20.4 Å². The lowest BCUT2D eigenvalue weighted by atomic mass is 9.77. The molecule has 1 heterocycles. The molecule has 0 aromatic heterocycles. The molecule has 0 unspecified atom stereocenters. The van der Waals surface area contributed by atoms with E-state index in [1.807, 2.05) is 6.92 Å². The van der Waals surface area contributed by atoms with Gasteiger partial charge in [0.2, 0.25) is 18.1 Å². The summed E-state index contributed by atoms with van der Waals surface area (Å²) in [5, 5.41) is 13.6. The van der Waals surface area contributed by atoms with E-state index in [1.54, 1.807) is 6.08 Å². The first kappa shape index (κ1) is 23.9. The zero-order chi connectivity index (χ0) is 19.0. The topological polar surface area (TPSA) is 128 Å². The van der Waals surface area contributed by atoms with Gasteiger partial charge in [-0.15, -0.1) is 0 Å². The lowest BCUT2D eigenvalue weighted by Gasteiger charge is -2.27. The van der Waals surface area contributed by atoms with Crippen molar-refractivity contribution in [3.63, 3.8) is 0 Å². The van der Waals surface area contributed by atoms with Gasteiger partial charge in [-0.1, -0.05) is 25.8 Å². The van der Waals surface area contributed by atoms with Gasteiger partial charge < -0.3 is 5.32 Å². The minimum atomic E-state index is 0.204. The van der Waals surface area contributed by atoms with Crippen LogP contribution in [0.25, 0.3) is 0 Å². The molecule has 1 fully saturated rings. The molecule has 2 rings (SSSR count). The fraction of sp³-hybridized carbons (Fsp3) is 0.647. The maximum atomic E-state index is 11.0. The van der Waals surface area contributed by atoms with Gasteiger partial charge in [0.05, 0.1) is 0 Å². The van der Waals surface area contributed by atoms with Crippen LogP contribution in [0.2, 0.25) is 0 Å². The highest BCUT2D eigenvalue weighted by molar-refractivity contribution is 5.91. The fourth-order valence-corrected chi connectivity index (χ4v) is 2.57. The molecule has 0 saturated carbocycles. The van der Waals surface area contributed by atoms with Gasteiger partial charge in [0.1, 0.15) is 0 Å². The first-order valence-electron chi connectivity index (χ1n) is 7.77. The summed E-state index contributed by atoms with van der Waals surface area (Å²) in [6.45, 7) is 7.19. The van der Waals surface area contributed by atoms with Gasteiger partial charge in [-0.3, -0.25) is 9.59 Å². The van der Waals surface area contributed by atoms with E-state index in [9.17, 15) is 9.59 Å². The maximum Gasteiger partial charge on any atom is 0.231 e. The lowest BCUT2D eigenvalue weighted by molar-refractivity contribution is -0.120. The number of hydrogen-bond acceptors (Lipinski definition) is 6. The SMILES string of the molecule is CC1=CC(=O)CC(C)(C)C1.N=C=O.N=C=O.O=C1CCCCCN1. The Morgan fingerprint density at radius 1 is 1.04 bits per heavy atom. The van der Waals surface area contributed by atoms with Crippen LogP contribution < -0.4 is 5.32 Å². The molecule has 0 bridgehead atoms. The van der Waals surface area contributed by atoms with Crippen molar-refractivity contribution in [1.82, 2.24) is 5.32 Å². The van der Waals surface area contributed by atoms with Crippen LogP contribution in [0.15, 0.2) is 11.6 Å². The van der Waals surface area contributed by atoms with Crippen molar-refractivity contribution in [1.29, 1.82) is 10.8 Å². The van der Waals surface area contributed by atoms with Crippen LogP contribution in [-0.2, 0) is 19.2 Å². The Kier molecular flexibility index (Phi) is 14.2. The maximum absolute atomic E-state index is 11.0. The fourth-order valence-electron chi connectivity index (χ4n) is 2.57. The number of nitrogens with one attached hydrogen (secondary N) is 3. The monoisotopic (exact) mass is 337 g/mol. The summed E-state index contributed by atoms with van der Waals surface area (Å²) in [4.78, 5) is 38.3. The zero-order valence-corrected chi connectivity index (χ0v) is 14.7. The molecule has 0 radical (unpaired) electrons. The molecule has 3 N–H and O–H groups in total. The summed E-state index contributed by atoms with van der Waals surface area (Å²) in [5.74, 6) is 0.510. The highest BCUT2D eigenvalue weighted by Gasteiger charge is 2.25. The Bertz CT molecular complexity index is 476. The van der Waals surface area contributed by atoms with Gasteiger partial charge in [0.25, 0.3) is 0 Å². The van der Waals surface area contributed by atoms with Gasteiger partial charge in [0, 0.05) is 19.4 Å². The van der Waals surface area contributed by atoms with Crippen molar-refractivity contribution in [2.45, 2.75) is 59.3 Å². The van der Waals surface area contributed by atoms with E-state index in [2.05, 4.69) is 19.2 Å². The Hall–Kier alpha value is -2.36. The average Bonchev–Trinajstić information content (AvgIpc) is 2.66. The number of ketones is 1. The zero-order valence-electron chi connectivity index (χ0n) is 14.7. The first-order chi connectivity index (χ1) is 11.2. The van der Waals surface area contributed by atoms with Gasteiger partial charge in [-0.2, -0.15) is 0 Å². The van der Waals surface area contributed by atoms with E-state index in [0.717, 1.165) is 44.4 Å². The third kappa shape index (κ3) is 16.0. The predicted octanol–water partition coefficient (Wildman–Crippen LogP) is 2.80. The summed E-state index contributed by atoms with van der Waals surface area (Å²) in [7, 11) is 0. The van der Waals surface area contributed by atoms with E-state index >= 15 is 0 Å². The van der Waals surface area contributed by atoms with E-state index < -0.39 is 0 Å². The van der Waals surface area contributed by atoms with E-state index in [1.165, 1.54) is 12.0 Å². The number of carbonyl (C=O) groups excluding carboxylic acids is 4. The van der Waals surface area contributed by atoms with Crippen molar-refractivity contribution in [2.24, 2.45) is 5.41 Å². The molecule has 0 atom stereocenters. The number of amides is 1. The average molecular weight is 337 g/mol. The van der Waals surface area contributed by atoms with Crippen molar-refractivity contribution in [3.8, 4) is 0 Å². The van der Waals surface area contributed by atoms with Crippen LogP contribution in [0.5, 0.6) is 0 Å². The van der Waals surface area contributed by atoms with Crippen LogP contribution in [0, 0.1) is 16.2 Å². The minimum absolute atomic E-state index is 0.204. The minimum Gasteiger partial charge on any atom is -0.356 e. The molecule has 1 aliphatic carbocycles. The molecule has 24 heavy (non-hydrogen) atoms. The van der Waals surface area contributed by atoms with Crippen LogP contribution >= 0.6 is 0 Å². The molecule has 0 aromatic carbocycles. The Balaban J connectivity index is 0. The summed E-state index contributed by atoms with van der Waals surface area (Å²) in [6.07, 6.45) is 9.23. The van der Waals surface area contributed by atoms with Crippen molar-refractivity contribution < 1.29 is 19.2 Å². The van der Waals surface area contributed by atoms with Crippen LogP contribution in [0.1, 0.15) is 59.3 Å². The molecule has 1 aliphatic heterocycles. The quantitative estimate of drug-likeness (QED) is 0.463. The first-order valence-corrected chi connectivity index (χ1v) is 7.77. The van der Waals surface area contributed by atoms with Crippen molar-refractivity contribution in [2.75, 3.05) is 6.54 Å². The van der Waals surface area contributed by atoms with Crippen LogP contribution in [-0.4, -0.2) is 30.4 Å². The van der Waals surface area contributed by atoms with Gasteiger partial charge in [-0.25, -0.2) is 20.4 Å². The van der Waals surface area contributed by atoms with E-state index in [-0.39, 0.29) is 17.1 Å². The molecule has 0 aromatic rings. The van der Waals surface area contributed by atoms with Gasteiger partial charge in [-0.05, 0) is 37.7 Å². The largest absolute Gasteiger partial charge is 0.356 e. The number of isocyanates is 2. The smallest absolute Gasteiger partial charge is 0.231 e. The second-order valence-electron chi connectivity index (χ2n) is 6.34. The lowest BCUT2D eigenvalue weighted by Crippen LogP contribution is -2.21. The number of allylic oxidation sites excluding steroid dienone is 2. The Morgan fingerprint density at radius 2 is 1.58 bits per heavy atom. The van der Waals surface area contributed by atoms with Crippen molar-refractivity contribution in [3.05, 3.63) is 11.6 Å². The molecule has 134 valence electrons. The molecule has 0 spiro atoms. The summed E-state index contributed by atoms with van der Waals surface area (Å²) >= 11 is 0. The summed E-state index contributed by atoms with van der Waals surface area (Å²) in [6, 6.07) is 0. The van der Waals surface area contributed by atoms with Crippen LogP contribution in [0.4, 0.5) is 0 Å². The third-order valence-corrected chi connectivity index (χ3v) is 3.22. The Morgan fingerprint density at radius 3 is 2.04 bits per heavy atom. The molecule has 7 nitrogen and oxygen atoms in total. The van der Waals surface area contributed by atoms with Crippen LogP contribution in [0.3, 0.4) is 0 Å². The second kappa shape index (κ2) is 14.2. The normalized spacial score (nSPS) is 18.0. The molecular weight excluding hydrogens is 310 g/mol. The van der Waals surface area contributed by atoms with E-state index in [0.29, 0.717) is 6.42 Å². The summed E-state index contributed by atoms with van der Waals surface area (Å²) in [5.41, 5.74) is 1.43.